The summed E-state index contributed by atoms with van der Waals surface area (Å²) in [4.78, 5) is 15.8. The van der Waals surface area contributed by atoms with Crippen LogP contribution in [0.3, 0.4) is 0 Å². The molecule has 0 fully saturated rings. The number of carbonyl (C=O) groups is 1. The van der Waals surface area contributed by atoms with E-state index in [9.17, 15) is 4.79 Å². The number of H-pyrrole nitrogens is 1. The van der Waals surface area contributed by atoms with Gasteiger partial charge < -0.3 is 4.98 Å². The van der Waals surface area contributed by atoms with Crippen LogP contribution < -0.4 is 0 Å². The van der Waals surface area contributed by atoms with E-state index in [1.54, 1.807) is 6.20 Å². The van der Waals surface area contributed by atoms with Crippen molar-refractivity contribution < 1.29 is 4.79 Å². The number of hydrogen-bond donors (Lipinski definition) is 1. The summed E-state index contributed by atoms with van der Waals surface area (Å²) in [5, 5.41) is 0.932. The molecule has 0 aliphatic heterocycles. The monoisotopic (exact) mass is 391 g/mol. The predicted octanol–water partition coefficient (Wildman–Crippen LogP) is 5.23. The molecule has 0 spiro atoms. The summed E-state index contributed by atoms with van der Waals surface area (Å²) < 4.78 is 1.88. The highest BCUT2D eigenvalue weighted by Gasteiger charge is 2.15. The van der Waals surface area contributed by atoms with Crippen molar-refractivity contribution in [2.45, 2.75) is 6.92 Å². The molecule has 100 valence electrons. The fourth-order valence-electron chi connectivity index (χ4n) is 2.30. The Labute approximate surface area is 133 Å². The molecule has 1 N–H and O–H groups in total. The van der Waals surface area contributed by atoms with E-state index in [0.29, 0.717) is 11.1 Å². The van der Waals surface area contributed by atoms with E-state index in [1.165, 1.54) is 0 Å². The normalized spacial score (nSPS) is 10.9. The molecule has 0 atom stereocenters. The van der Waals surface area contributed by atoms with Crippen molar-refractivity contribution in [3.63, 3.8) is 0 Å². The van der Waals surface area contributed by atoms with E-state index in [2.05, 4.69) is 36.8 Å². The molecule has 3 aromatic rings. The molecule has 1 aromatic heterocycles. The maximum Gasteiger partial charge on any atom is 0.195 e. The molecule has 0 aliphatic carbocycles. The maximum absolute atomic E-state index is 12.7. The smallest absolute Gasteiger partial charge is 0.195 e. The fraction of sp³-hybridized carbons (Fsp3) is 0.0625. The van der Waals surface area contributed by atoms with E-state index in [4.69, 9.17) is 0 Å². The van der Waals surface area contributed by atoms with E-state index >= 15 is 0 Å². The lowest BCUT2D eigenvalue weighted by Gasteiger charge is -2.03. The molecule has 0 radical (unpaired) electrons. The van der Waals surface area contributed by atoms with Crippen LogP contribution in [-0.4, -0.2) is 10.8 Å². The van der Waals surface area contributed by atoms with Crippen LogP contribution >= 0.6 is 31.9 Å². The second-order valence-corrected chi connectivity index (χ2v) is 6.57. The Morgan fingerprint density at radius 2 is 1.85 bits per heavy atom. The van der Waals surface area contributed by atoms with Crippen molar-refractivity contribution in [3.05, 3.63) is 68.2 Å². The minimum absolute atomic E-state index is 0.0266. The molecule has 0 saturated carbocycles. The fourth-order valence-corrected chi connectivity index (χ4v) is 3.27. The molecule has 0 saturated heterocycles. The van der Waals surface area contributed by atoms with Crippen LogP contribution in [0.15, 0.2) is 51.5 Å². The second-order valence-electron chi connectivity index (χ2n) is 4.74. The number of carbonyl (C=O) groups excluding carboxylic acids is 1. The Kier molecular flexibility index (Phi) is 3.52. The lowest BCUT2D eigenvalue weighted by Crippen LogP contribution is -2.01. The number of aromatic nitrogens is 1. The molecule has 1 heterocycles. The van der Waals surface area contributed by atoms with Crippen molar-refractivity contribution >= 4 is 48.5 Å². The molecular weight excluding hydrogens is 382 g/mol. The third kappa shape index (κ3) is 2.45. The van der Waals surface area contributed by atoms with Crippen LogP contribution in [0.2, 0.25) is 0 Å². The van der Waals surface area contributed by atoms with E-state index < -0.39 is 0 Å². The molecule has 0 bridgehead atoms. The Morgan fingerprint density at radius 1 is 1.05 bits per heavy atom. The number of aromatic amines is 1. The maximum atomic E-state index is 12.7. The first-order chi connectivity index (χ1) is 9.54. The number of hydrogen-bond acceptors (Lipinski definition) is 1. The molecule has 2 aromatic carbocycles. The van der Waals surface area contributed by atoms with Gasteiger partial charge in [-0.15, -0.1) is 0 Å². The topological polar surface area (TPSA) is 32.9 Å². The quantitative estimate of drug-likeness (QED) is 0.595. The summed E-state index contributed by atoms with van der Waals surface area (Å²) in [5.74, 6) is 0.0266. The number of benzene rings is 2. The van der Waals surface area contributed by atoms with Gasteiger partial charge in [-0.1, -0.05) is 31.9 Å². The minimum atomic E-state index is 0.0266. The highest BCUT2D eigenvalue weighted by molar-refractivity contribution is 9.10. The van der Waals surface area contributed by atoms with Crippen molar-refractivity contribution in [2.24, 2.45) is 0 Å². The second kappa shape index (κ2) is 5.19. The summed E-state index contributed by atoms with van der Waals surface area (Å²) in [5.41, 5.74) is 3.41. The van der Waals surface area contributed by atoms with Gasteiger partial charge in [-0.25, -0.2) is 0 Å². The van der Waals surface area contributed by atoms with Crippen LogP contribution in [0.4, 0.5) is 0 Å². The SMILES string of the molecule is Cc1cc(Br)cc(C(=O)c2c[nH]c3ccc(Br)cc23)c1. The van der Waals surface area contributed by atoms with Crippen LogP contribution in [0, 0.1) is 6.92 Å². The van der Waals surface area contributed by atoms with Gasteiger partial charge in [0.05, 0.1) is 0 Å². The minimum Gasteiger partial charge on any atom is -0.360 e. The summed E-state index contributed by atoms with van der Waals surface area (Å²) in [6.07, 6.45) is 1.77. The van der Waals surface area contributed by atoms with Gasteiger partial charge in [-0.3, -0.25) is 4.79 Å². The van der Waals surface area contributed by atoms with E-state index in [-0.39, 0.29) is 5.78 Å². The molecule has 0 unspecified atom stereocenters. The lowest BCUT2D eigenvalue weighted by atomic mass is 10.0. The Hall–Kier alpha value is -1.39. The van der Waals surface area contributed by atoms with Gasteiger partial charge in [0.1, 0.15) is 0 Å². The first-order valence-corrected chi connectivity index (χ1v) is 7.72. The van der Waals surface area contributed by atoms with Crippen LogP contribution in [0.1, 0.15) is 21.5 Å². The third-order valence-electron chi connectivity index (χ3n) is 3.19. The standard InChI is InChI=1S/C16H11Br2NO/c1-9-4-10(6-12(18)5-9)16(20)14-8-19-15-3-2-11(17)7-13(14)15/h2-8,19H,1H3. The molecule has 0 amide bonds. The Balaban J connectivity index is 2.15. The summed E-state index contributed by atoms with van der Waals surface area (Å²) in [6.45, 7) is 1.98. The Morgan fingerprint density at radius 3 is 2.60 bits per heavy atom. The summed E-state index contributed by atoms with van der Waals surface area (Å²) >= 11 is 6.89. The van der Waals surface area contributed by atoms with Gasteiger partial charge in [0.25, 0.3) is 0 Å². The number of nitrogens with one attached hydrogen (secondary N) is 1. The van der Waals surface area contributed by atoms with E-state index in [1.807, 2.05) is 43.3 Å². The average molecular weight is 393 g/mol. The zero-order valence-corrected chi connectivity index (χ0v) is 13.9. The number of ketones is 1. The lowest BCUT2D eigenvalue weighted by molar-refractivity contribution is 0.104. The molecule has 2 nitrogen and oxygen atoms in total. The van der Waals surface area contributed by atoms with Crippen molar-refractivity contribution in [1.82, 2.24) is 4.98 Å². The van der Waals surface area contributed by atoms with Gasteiger partial charge in [-0.05, 0) is 48.9 Å². The molecule has 20 heavy (non-hydrogen) atoms. The van der Waals surface area contributed by atoms with Crippen LogP contribution in [-0.2, 0) is 0 Å². The van der Waals surface area contributed by atoms with Crippen molar-refractivity contribution in [3.8, 4) is 0 Å². The summed E-state index contributed by atoms with van der Waals surface area (Å²) in [7, 11) is 0. The first kappa shape index (κ1) is 13.6. The highest BCUT2D eigenvalue weighted by Crippen LogP contribution is 2.26. The van der Waals surface area contributed by atoms with Gasteiger partial charge in [0, 0.05) is 37.2 Å². The highest BCUT2D eigenvalue weighted by atomic mass is 79.9. The van der Waals surface area contributed by atoms with Crippen molar-refractivity contribution in [2.75, 3.05) is 0 Å². The van der Waals surface area contributed by atoms with Crippen LogP contribution in [0.25, 0.3) is 10.9 Å². The van der Waals surface area contributed by atoms with Crippen molar-refractivity contribution in [1.29, 1.82) is 0 Å². The number of fused-ring (bicyclic) bond motifs is 1. The number of halogens is 2. The predicted molar refractivity (Wildman–Crippen MR) is 88.3 cm³/mol. The van der Waals surface area contributed by atoms with Gasteiger partial charge in [0.15, 0.2) is 5.78 Å². The number of aryl methyl sites for hydroxylation is 1. The molecule has 4 heteroatoms. The third-order valence-corrected chi connectivity index (χ3v) is 4.14. The molecule has 0 aliphatic rings. The first-order valence-electron chi connectivity index (χ1n) is 6.13. The zero-order chi connectivity index (χ0) is 14.3. The summed E-state index contributed by atoms with van der Waals surface area (Å²) in [6, 6.07) is 11.6. The van der Waals surface area contributed by atoms with Gasteiger partial charge in [0.2, 0.25) is 0 Å². The molecule has 3 rings (SSSR count). The average Bonchev–Trinajstić information content (AvgIpc) is 2.79. The number of rotatable bonds is 2. The van der Waals surface area contributed by atoms with Crippen LogP contribution in [0.5, 0.6) is 0 Å². The zero-order valence-electron chi connectivity index (χ0n) is 10.7. The van der Waals surface area contributed by atoms with Gasteiger partial charge >= 0.3 is 0 Å². The largest absolute Gasteiger partial charge is 0.360 e. The van der Waals surface area contributed by atoms with Gasteiger partial charge in [-0.2, -0.15) is 0 Å². The van der Waals surface area contributed by atoms with E-state index in [0.717, 1.165) is 25.4 Å². The Bertz CT molecular complexity index is 800. The molecular formula is C16H11Br2NO.